The van der Waals surface area contributed by atoms with Crippen LogP contribution < -0.4 is 5.32 Å². The minimum absolute atomic E-state index is 0. The molecule has 1 N–H and O–H groups in total. The highest BCUT2D eigenvalue weighted by atomic mass is 127. The quantitative estimate of drug-likeness (QED) is 0.250. The van der Waals surface area contributed by atoms with Crippen LogP contribution in [0.25, 0.3) is 0 Å². The molecule has 1 aromatic rings. The number of ether oxygens (including phenoxy) is 2. The lowest BCUT2D eigenvalue weighted by atomic mass is 10.1. The Kier molecular flexibility index (Phi) is 11.9. The first-order valence-corrected chi connectivity index (χ1v) is 9.39. The Bertz CT molecular complexity index is 542. The second kappa shape index (κ2) is 13.3. The molecule has 0 amide bonds. The molecular formula is C20H35IN4O2. The fraction of sp³-hybridized carbons (Fsp3) is 0.650. The van der Waals surface area contributed by atoms with E-state index in [2.05, 4.69) is 64.5 Å². The predicted molar refractivity (Wildman–Crippen MR) is 122 cm³/mol. The Hall–Kier alpha value is -0.900. The molecule has 1 aromatic carbocycles. The van der Waals surface area contributed by atoms with E-state index in [9.17, 15) is 0 Å². The van der Waals surface area contributed by atoms with Crippen LogP contribution in [0.4, 0.5) is 0 Å². The summed E-state index contributed by atoms with van der Waals surface area (Å²) in [5.41, 5.74) is 1.31. The number of methoxy groups -OCH3 is 1. The zero-order chi connectivity index (χ0) is 18.8. The molecule has 0 bridgehead atoms. The predicted octanol–water partition coefficient (Wildman–Crippen LogP) is 2.47. The number of guanidine groups is 1. The molecular weight excluding hydrogens is 455 g/mol. The normalized spacial score (nSPS) is 18.5. The maximum absolute atomic E-state index is 5.69. The molecule has 0 saturated carbocycles. The smallest absolute Gasteiger partial charge is 0.193 e. The molecule has 7 heteroatoms. The molecule has 27 heavy (non-hydrogen) atoms. The number of rotatable bonds is 9. The van der Waals surface area contributed by atoms with Crippen molar-refractivity contribution in [2.24, 2.45) is 10.9 Å². The van der Waals surface area contributed by atoms with Gasteiger partial charge in [0.25, 0.3) is 0 Å². The van der Waals surface area contributed by atoms with E-state index in [-0.39, 0.29) is 24.0 Å². The Morgan fingerprint density at radius 1 is 1.30 bits per heavy atom. The van der Waals surface area contributed by atoms with Gasteiger partial charge in [0, 0.05) is 39.7 Å². The average molecular weight is 490 g/mol. The zero-order valence-electron chi connectivity index (χ0n) is 17.1. The van der Waals surface area contributed by atoms with E-state index in [4.69, 9.17) is 9.47 Å². The lowest BCUT2D eigenvalue weighted by Gasteiger charge is -2.28. The molecule has 1 saturated heterocycles. The van der Waals surface area contributed by atoms with Crippen LogP contribution in [0.1, 0.15) is 18.0 Å². The first-order chi connectivity index (χ1) is 12.7. The summed E-state index contributed by atoms with van der Waals surface area (Å²) in [6.45, 7) is 4.96. The van der Waals surface area contributed by atoms with Crippen LogP contribution in [-0.4, -0.2) is 83.5 Å². The molecule has 0 spiro atoms. The summed E-state index contributed by atoms with van der Waals surface area (Å²) in [6.07, 6.45) is 1.14. The summed E-state index contributed by atoms with van der Waals surface area (Å²) in [4.78, 5) is 9.07. The number of halogens is 1. The third-order valence-corrected chi connectivity index (χ3v) is 4.84. The van der Waals surface area contributed by atoms with E-state index >= 15 is 0 Å². The van der Waals surface area contributed by atoms with E-state index in [1.54, 1.807) is 7.11 Å². The Balaban J connectivity index is 0.00000364. The van der Waals surface area contributed by atoms with Gasteiger partial charge in [-0.3, -0.25) is 4.99 Å². The molecule has 1 fully saturated rings. The molecule has 0 radical (unpaired) electrons. The molecule has 1 heterocycles. The topological polar surface area (TPSA) is 49.3 Å². The van der Waals surface area contributed by atoms with Crippen molar-refractivity contribution in [2.75, 3.05) is 67.7 Å². The number of likely N-dealkylation sites (tertiary alicyclic amines) is 1. The first kappa shape index (κ1) is 24.1. The Labute approximate surface area is 181 Å². The number of hydrogen-bond donors (Lipinski definition) is 1. The summed E-state index contributed by atoms with van der Waals surface area (Å²) in [5, 5.41) is 3.56. The number of benzene rings is 1. The maximum Gasteiger partial charge on any atom is 0.193 e. The van der Waals surface area contributed by atoms with Gasteiger partial charge in [-0.1, -0.05) is 30.3 Å². The monoisotopic (exact) mass is 490 g/mol. The van der Waals surface area contributed by atoms with Crippen LogP contribution in [0.3, 0.4) is 0 Å². The largest absolute Gasteiger partial charge is 0.382 e. The standard InChI is InChI=1S/C20H34N4O2.HI/c1-21-20(24-11-10-17(15-24)16-26-13-12-25-4)22-14-19(23(2)3)18-8-6-5-7-9-18;/h5-9,17,19H,10-16H2,1-4H3,(H,21,22);1H. The van der Waals surface area contributed by atoms with Gasteiger partial charge < -0.3 is 24.6 Å². The van der Waals surface area contributed by atoms with Gasteiger partial charge in [0.05, 0.1) is 25.9 Å². The lowest BCUT2D eigenvalue weighted by Crippen LogP contribution is -2.43. The van der Waals surface area contributed by atoms with Gasteiger partial charge in [0.1, 0.15) is 0 Å². The Morgan fingerprint density at radius 2 is 2.04 bits per heavy atom. The third kappa shape index (κ3) is 7.93. The van der Waals surface area contributed by atoms with E-state index in [0.717, 1.165) is 38.6 Å². The fourth-order valence-electron chi connectivity index (χ4n) is 3.35. The van der Waals surface area contributed by atoms with Crippen molar-refractivity contribution in [3.63, 3.8) is 0 Å². The summed E-state index contributed by atoms with van der Waals surface area (Å²) in [6, 6.07) is 10.9. The van der Waals surface area contributed by atoms with Crippen LogP contribution in [-0.2, 0) is 9.47 Å². The van der Waals surface area contributed by atoms with Crippen LogP contribution in [0, 0.1) is 5.92 Å². The summed E-state index contributed by atoms with van der Waals surface area (Å²) < 4.78 is 10.7. The van der Waals surface area contributed by atoms with Gasteiger partial charge >= 0.3 is 0 Å². The summed E-state index contributed by atoms with van der Waals surface area (Å²) >= 11 is 0. The zero-order valence-corrected chi connectivity index (χ0v) is 19.4. The van der Waals surface area contributed by atoms with Crippen LogP contribution >= 0.6 is 24.0 Å². The number of aliphatic imine (C=N–C) groups is 1. The minimum atomic E-state index is 0. The molecule has 0 aliphatic carbocycles. The van der Waals surface area contributed by atoms with Crippen molar-refractivity contribution >= 4 is 29.9 Å². The first-order valence-electron chi connectivity index (χ1n) is 9.39. The number of nitrogens with zero attached hydrogens (tertiary/aromatic N) is 3. The van der Waals surface area contributed by atoms with Crippen molar-refractivity contribution in [3.05, 3.63) is 35.9 Å². The molecule has 2 unspecified atom stereocenters. The van der Waals surface area contributed by atoms with Crippen molar-refractivity contribution in [2.45, 2.75) is 12.5 Å². The molecule has 1 aliphatic heterocycles. The van der Waals surface area contributed by atoms with E-state index in [1.807, 2.05) is 7.05 Å². The SMILES string of the molecule is CN=C(NCC(c1ccccc1)N(C)C)N1CCC(COCCOC)C1.I. The highest BCUT2D eigenvalue weighted by Gasteiger charge is 2.25. The van der Waals surface area contributed by atoms with Gasteiger partial charge in [0.15, 0.2) is 5.96 Å². The number of nitrogens with one attached hydrogen (secondary N) is 1. The summed E-state index contributed by atoms with van der Waals surface area (Å²) in [7, 11) is 7.79. The van der Waals surface area contributed by atoms with Crippen LogP contribution in [0.15, 0.2) is 35.3 Å². The molecule has 2 rings (SSSR count). The van der Waals surface area contributed by atoms with E-state index < -0.39 is 0 Å². The van der Waals surface area contributed by atoms with Crippen molar-refractivity contribution in [1.82, 2.24) is 15.1 Å². The fourth-order valence-corrected chi connectivity index (χ4v) is 3.35. The number of hydrogen-bond acceptors (Lipinski definition) is 4. The second-order valence-electron chi connectivity index (χ2n) is 6.99. The lowest BCUT2D eigenvalue weighted by molar-refractivity contribution is 0.0536. The maximum atomic E-state index is 5.69. The third-order valence-electron chi connectivity index (χ3n) is 4.84. The molecule has 2 atom stereocenters. The van der Waals surface area contributed by atoms with Crippen molar-refractivity contribution in [1.29, 1.82) is 0 Å². The van der Waals surface area contributed by atoms with Gasteiger partial charge in [-0.25, -0.2) is 0 Å². The van der Waals surface area contributed by atoms with E-state index in [1.165, 1.54) is 5.56 Å². The average Bonchev–Trinajstić information content (AvgIpc) is 3.11. The van der Waals surface area contributed by atoms with Gasteiger partial charge in [-0.15, -0.1) is 24.0 Å². The van der Waals surface area contributed by atoms with Gasteiger partial charge in [-0.2, -0.15) is 0 Å². The number of likely N-dealkylation sites (N-methyl/N-ethyl adjacent to an activating group) is 1. The molecule has 6 nitrogen and oxygen atoms in total. The van der Waals surface area contributed by atoms with Crippen LogP contribution in [0.2, 0.25) is 0 Å². The second-order valence-corrected chi connectivity index (χ2v) is 6.99. The summed E-state index contributed by atoms with van der Waals surface area (Å²) in [5.74, 6) is 1.54. The highest BCUT2D eigenvalue weighted by Crippen LogP contribution is 2.19. The molecule has 1 aliphatic rings. The van der Waals surface area contributed by atoms with Gasteiger partial charge in [0.2, 0.25) is 0 Å². The Morgan fingerprint density at radius 3 is 2.67 bits per heavy atom. The van der Waals surface area contributed by atoms with Crippen LogP contribution in [0.5, 0.6) is 0 Å². The molecule has 154 valence electrons. The van der Waals surface area contributed by atoms with Crippen molar-refractivity contribution in [3.8, 4) is 0 Å². The van der Waals surface area contributed by atoms with E-state index in [0.29, 0.717) is 25.2 Å². The molecule has 0 aromatic heterocycles. The minimum Gasteiger partial charge on any atom is -0.382 e. The van der Waals surface area contributed by atoms with Gasteiger partial charge in [-0.05, 0) is 26.1 Å². The highest BCUT2D eigenvalue weighted by molar-refractivity contribution is 14.0. The van der Waals surface area contributed by atoms with Crippen molar-refractivity contribution < 1.29 is 9.47 Å².